The maximum atomic E-state index is 12.4. The highest BCUT2D eigenvalue weighted by Gasteiger charge is 2.35. The van der Waals surface area contributed by atoms with E-state index in [0.717, 1.165) is 17.4 Å². The SMILES string of the molecule is CC.O=c1[nH]c(-c2sccc2C(F)(F)F)no1. The number of halogens is 3. The zero-order chi connectivity index (χ0) is 13.1. The van der Waals surface area contributed by atoms with Gasteiger partial charge in [-0.1, -0.05) is 19.0 Å². The normalized spacial score (nSPS) is 10.9. The lowest BCUT2D eigenvalue weighted by Crippen LogP contribution is -2.05. The highest BCUT2D eigenvalue weighted by molar-refractivity contribution is 7.13. The van der Waals surface area contributed by atoms with Gasteiger partial charge in [0.05, 0.1) is 10.4 Å². The Morgan fingerprint density at radius 2 is 2.06 bits per heavy atom. The van der Waals surface area contributed by atoms with Gasteiger partial charge >= 0.3 is 11.9 Å². The van der Waals surface area contributed by atoms with E-state index in [0.29, 0.717) is 0 Å². The number of rotatable bonds is 1. The Bertz CT molecular complexity index is 527. The van der Waals surface area contributed by atoms with E-state index in [9.17, 15) is 18.0 Å². The predicted octanol–water partition coefficient (Wildman–Crippen LogP) is 3.14. The van der Waals surface area contributed by atoms with Crippen LogP contribution in [0.2, 0.25) is 0 Å². The summed E-state index contributed by atoms with van der Waals surface area (Å²) in [5.74, 6) is -1.09. The van der Waals surface area contributed by atoms with Gasteiger partial charge in [0, 0.05) is 0 Å². The lowest BCUT2D eigenvalue weighted by molar-refractivity contribution is -0.136. The van der Waals surface area contributed by atoms with Crippen molar-refractivity contribution in [2.75, 3.05) is 0 Å². The van der Waals surface area contributed by atoms with E-state index in [-0.39, 0.29) is 10.7 Å². The van der Waals surface area contributed by atoms with Crippen LogP contribution in [0.5, 0.6) is 0 Å². The van der Waals surface area contributed by atoms with Crippen molar-refractivity contribution in [2.24, 2.45) is 0 Å². The molecule has 0 radical (unpaired) electrons. The molecule has 94 valence electrons. The summed E-state index contributed by atoms with van der Waals surface area (Å²) in [6.45, 7) is 4.00. The van der Waals surface area contributed by atoms with Crippen LogP contribution in [0.1, 0.15) is 19.4 Å². The standard InChI is InChI=1S/C7H3F3N2O2S.C2H6/c8-7(9,10)3-1-2-15-4(3)5-11-6(13)14-12-5;1-2/h1-2H,(H,11,12,13);1-2H3. The number of H-pyrrole nitrogens is 1. The summed E-state index contributed by atoms with van der Waals surface area (Å²) >= 11 is 0.830. The minimum atomic E-state index is -4.47. The maximum absolute atomic E-state index is 12.4. The van der Waals surface area contributed by atoms with Crippen molar-refractivity contribution < 1.29 is 17.7 Å². The van der Waals surface area contributed by atoms with Crippen molar-refractivity contribution in [3.63, 3.8) is 0 Å². The summed E-state index contributed by atoms with van der Waals surface area (Å²) in [5.41, 5.74) is -0.836. The molecule has 0 aliphatic heterocycles. The van der Waals surface area contributed by atoms with Crippen molar-refractivity contribution >= 4 is 11.3 Å². The molecule has 0 aromatic carbocycles. The summed E-state index contributed by atoms with van der Waals surface area (Å²) in [5, 5.41) is 4.47. The van der Waals surface area contributed by atoms with Crippen LogP contribution in [0.3, 0.4) is 0 Å². The fourth-order valence-corrected chi connectivity index (χ4v) is 1.89. The number of aromatic nitrogens is 2. The maximum Gasteiger partial charge on any atom is 0.439 e. The van der Waals surface area contributed by atoms with Crippen molar-refractivity contribution in [2.45, 2.75) is 20.0 Å². The number of nitrogens with one attached hydrogen (secondary N) is 1. The van der Waals surface area contributed by atoms with E-state index in [1.807, 2.05) is 13.8 Å². The van der Waals surface area contributed by atoms with E-state index in [1.165, 1.54) is 5.38 Å². The molecule has 2 rings (SSSR count). The Labute approximate surface area is 98.1 Å². The van der Waals surface area contributed by atoms with Gasteiger partial charge in [-0.2, -0.15) is 13.2 Å². The van der Waals surface area contributed by atoms with Crippen LogP contribution in [0.15, 0.2) is 20.8 Å². The molecule has 4 nitrogen and oxygen atoms in total. The topological polar surface area (TPSA) is 58.9 Å². The second kappa shape index (κ2) is 5.17. The van der Waals surface area contributed by atoms with E-state index in [1.54, 1.807) is 0 Å². The number of alkyl halides is 3. The molecule has 0 aliphatic rings. The van der Waals surface area contributed by atoms with Gasteiger partial charge in [0.25, 0.3) is 0 Å². The molecule has 0 saturated heterocycles. The van der Waals surface area contributed by atoms with Crippen LogP contribution < -0.4 is 5.76 Å². The molecule has 0 unspecified atom stereocenters. The molecule has 0 atom stereocenters. The monoisotopic (exact) mass is 266 g/mol. The van der Waals surface area contributed by atoms with Gasteiger partial charge in [-0.15, -0.1) is 11.3 Å². The van der Waals surface area contributed by atoms with E-state index in [4.69, 9.17) is 0 Å². The van der Waals surface area contributed by atoms with Crippen LogP contribution in [0.25, 0.3) is 10.7 Å². The van der Waals surface area contributed by atoms with Gasteiger partial charge in [-0.25, -0.2) is 4.79 Å². The summed E-state index contributed by atoms with van der Waals surface area (Å²) in [6, 6.07) is 0.924. The van der Waals surface area contributed by atoms with Gasteiger partial charge in [-0.3, -0.25) is 9.51 Å². The first kappa shape index (κ1) is 13.5. The Kier molecular flexibility index (Phi) is 4.11. The molecule has 17 heavy (non-hydrogen) atoms. The van der Waals surface area contributed by atoms with Crippen molar-refractivity contribution in [1.29, 1.82) is 0 Å². The minimum Gasteiger partial charge on any atom is -0.296 e. The van der Waals surface area contributed by atoms with Gasteiger partial charge in [-0.05, 0) is 11.4 Å². The van der Waals surface area contributed by atoms with Crippen molar-refractivity contribution in [3.8, 4) is 10.7 Å². The summed E-state index contributed by atoms with van der Waals surface area (Å²) in [7, 11) is 0. The molecule has 8 heteroatoms. The van der Waals surface area contributed by atoms with Gasteiger partial charge < -0.3 is 0 Å². The molecular formula is C9H9F3N2O2S. The Balaban J connectivity index is 0.000000686. The third kappa shape index (κ3) is 2.96. The van der Waals surface area contributed by atoms with E-state index in [2.05, 4.69) is 14.7 Å². The average Bonchev–Trinajstić information content (AvgIpc) is 2.87. The molecule has 0 spiro atoms. The van der Waals surface area contributed by atoms with Gasteiger partial charge in [0.15, 0.2) is 5.82 Å². The number of thiophene rings is 1. The molecule has 0 saturated carbocycles. The second-order valence-electron chi connectivity index (χ2n) is 2.60. The second-order valence-corrected chi connectivity index (χ2v) is 3.52. The quantitative estimate of drug-likeness (QED) is 0.862. The third-order valence-corrected chi connectivity index (χ3v) is 2.55. The van der Waals surface area contributed by atoms with Crippen LogP contribution in [0, 0.1) is 0 Å². The first-order chi connectivity index (χ1) is 7.98. The lowest BCUT2D eigenvalue weighted by atomic mass is 10.2. The highest BCUT2D eigenvalue weighted by atomic mass is 32.1. The molecule has 0 bridgehead atoms. The molecule has 2 aromatic heterocycles. The smallest absolute Gasteiger partial charge is 0.296 e. The third-order valence-electron chi connectivity index (χ3n) is 1.63. The van der Waals surface area contributed by atoms with Crippen molar-refractivity contribution in [1.82, 2.24) is 10.1 Å². The largest absolute Gasteiger partial charge is 0.439 e. The number of nitrogens with zero attached hydrogens (tertiary/aromatic N) is 1. The molecule has 0 fully saturated rings. The van der Waals surface area contributed by atoms with Crippen molar-refractivity contribution in [3.05, 3.63) is 27.6 Å². The fraction of sp³-hybridized carbons (Fsp3) is 0.333. The Morgan fingerprint density at radius 1 is 1.41 bits per heavy atom. The van der Waals surface area contributed by atoms with E-state index < -0.39 is 17.5 Å². The van der Waals surface area contributed by atoms with Crippen LogP contribution in [-0.4, -0.2) is 10.1 Å². The first-order valence-electron chi connectivity index (χ1n) is 4.69. The minimum absolute atomic E-state index is 0.159. The lowest BCUT2D eigenvalue weighted by Gasteiger charge is -2.04. The number of aromatic amines is 1. The average molecular weight is 266 g/mol. The summed E-state index contributed by atoms with van der Waals surface area (Å²) in [4.78, 5) is 12.5. The van der Waals surface area contributed by atoms with Crippen LogP contribution in [-0.2, 0) is 6.18 Å². The molecular weight excluding hydrogens is 257 g/mol. The highest BCUT2D eigenvalue weighted by Crippen LogP contribution is 2.38. The Morgan fingerprint density at radius 3 is 2.53 bits per heavy atom. The Hall–Kier alpha value is -1.57. The molecule has 1 N–H and O–H groups in total. The number of hydrogen-bond donors (Lipinski definition) is 1. The van der Waals surface area contributed by atoms with Crippen LogP contribution >= 0.6 is 11.3 Å². The summed E-state index contributed by atoms with van der Waals surface area (Å²) < 4.78 is 41.4. The van der Waals surface area contributed by atoms with Crippen LogP contribution in [0.4, 0.5) is 13.2 Å². The molecule has 0 amide bonds. The predicted molar refractivity (Wildman–Crippen MR) is 56.8 cm³/mol. The van der Waals surface area contributed by atoms with Gasteiger partial charge in [0.2, 0.25) is 0 Å². The first-order valence-corrected chi connectivity index (χ1v) is 5.57. The van der Waals surface area contributed by atoms with E-state index >= 15 is 0 Å². The fourth-order valence-electron chi connectivity index (χ4n) is 1.04. The number of hydrogen-bond acceptors (Lipinski definition) is 4. The molecule has 2 heterocycles. The molecule has 0 aliphatic carbocycles. The molecule has 2 aromatic rings. The summed E-state index contributed by atoms with van der Waals surface area (Å²) in [6.07, 6.45) is -4.47. The zero-order valence-corrected chi connectivity index (χ0v) is 9.78. The zero-order valence-electron chi connectivity index (χ0n) is 8.96. The van der Waals surface area contributed by atoms with Gasteiger partial charge in [0.1, 0.15) is 0 Å².